The number of primary amides is 1. The van der Waals surface area contributed by atoms with Crippen LogP contribution in [0.15, 0.2) is 0 Å². The molecule has 21 heavy (non-hydrogen) atoms. The molecule has 6 nitrogen and oxygen atoms in total. The number of carbonyl (C=O) groups excluding carboxylic acids is 2. The number of hydrogen-bond acceptors (Lipinski definition) is 4. The molecule has 2 amide bonds. The Labute approximate surface area is 126 Å². The number of nitrogens with zero attached hydrogens (tertiary/aromatic N) is 2. The Morgan fingerprint density at radius 2 is 1.81 bits per heavy atom. The van der Waals surface area contributed by atoms with Gasteiger partial charge in [0.05, 0.1) is 12.0 Å². The summed E-state index contributed by atoms with van der Waals surface area (Å²) >= 11 is 0. The van der Waals surface area contributed by atoms with E-state index in [1.165, 1.54) is 0 Å². The summed E-state index contributed by atoms with van der Waals surface area (Å²) < 4.78 is 0. The zero-order chi connectivity index (χ0) is 14.8. The maximum absolute atomic E-state index is 12.8. The van der Waals surface area contributed by atoms with E-state index in [1.54, 1.807) is 0 Å². The summed E-state index contributed by atoms with van der Waals surface area (Å²) in [6.45, 7) is 4.34. The number of nitrogens with two attached hydrogens (primary N) is 1. The van der Waals surface area contributed by atoms with Gasteiger partial charge in [-0.25, -0.2) is 0 Å². The highest BCUT2D eigenvalue weighted by molar-refractivity contribution is 5.84. The SMILES string of the molecule is NC(=O)C1CCN(C(=O)C2CCCN2C2CCNCC2)C1. The lowest BCUT2D eigenvalue weighted by molar-refractivity contribution is -0.136. The van der Waals surface area contributed by atoms with Crippen molar-refractivity contribution in [1.82, 2.24) is 15.1 Å². The summed E-state index contributed by atoms with van der Waals surface area (Å²) in [5, 5.41) is 3.38. The van der Waals surface area contributed by atoms with Gasteiger partial charge in [-0.15, -0.1) is 0 Å². The van der Waals surface area contributed by atoms with Crippen molar-refractivity contribution >= 4 is 11.8 Å². The molecule has 0 aromatic heterocycles. The number of amides is 2. The van der Waals surface area contributed by atoms with Crippen LogP contribution < -0.4 is 11.1 Å². The highest BCUT2D eigenvalue weighted by Crippen LogP contribution is 2.27. The number of carbonyl (C=O) groups is 2. The van der Waals surface area contributed by atoms with E-state index in [1.807, 2.05) is 4.90 Å². The molecule has 3 heterocycles. The Bertz CT molecular complexity index is 408. The summed E-state index contributed by atoms with van der Waals surface area (Å²) in [7, 11) is 0. The normalized spacial score (nSPS) is 31.7. The molecule has 3 N–H and O–H groups in total. The van der Waals surface area contributed by atoms with Crippen molar-refractivity contribution in [2.75, 3.05) is 32.7 Å². The predicted molar refractivity (Wildman–Crippen MR) is 79.5 cm³/mol. The van der Waals surface area contributed by atoms with Gasteiger partial charge in [-0.1, -0.05) is 0 Å². The lowest BCUT2D eigenvalue weighted by atomic mass is 10.0. The lowest BCUT2D eigenvalue weighted by Crippen LogP contribution is -2.51. The first-order chi connectivity index (χ1) is 10.2. The third kappa shape index (κ3) is 3.06. The van der Waals surface area contributed by atoms with Gasteiger partial charge in [0.25, 0.3) is 0 Å². The molecule has 3 fully saturated rings. The van der Waals surface area contributed by atoms with Crippen LogP contribution in [0, 0.1) is 5.92 Å². The standard InChI is InChI=1S/C15H26N4O2/c16-14(20)11-5-9-18(10-11)15(21)13-2-1-8-19(13)12-3-6-17-7-4-12/h11-13,17H,1-10H2,(H2,16,20). The monoisotopic (exact) mass is 294 g/mol. The van der Waals surface area contributed by atoms with Crippen molar-refractivity contribution in [2.24, 2.45) is 11.7 Å². The molecule has 6 heteroatoms. The molecular formula is C15H26N4O2. The van der Waals surface area contributed by atoms with Crippen LogP contribution in [0.1, 0.15) is 32.1 Å². The summed E-state index contributed by atoms with van der Waals surface area (Å²) in [5.74, 6) is -0.204. The van der Waals surface area contributed by atoms with Crippen LogP contribution in [0.25, 0.3) is 0 Å². The van der Waals surface area contributed by atoms with Crippen molar-refractivity contribution < 1.29 is 9.59 Å². The minimum Gasteiger partial charge on any atom is -0.369 e. The molecule has 118 valence electrons. The van der Waals surface area contributed by atoms with Crippen LogP contribution in [0.3, 0.4) is 0 Å². The van der Waals surface area contributed by atoms with Gasteiger partial charge in [-0.05, 0) is 51.7 Å². The quantitative estimate of drug-likeness (QED) is 0.738. The topological polar surface area (TPSA) is 78.7 Å². The van der Waals surface area contributed by atoms with E-state index in [0.29, 0.717) is 19.1 Å². The molecule has 0 saturated carbocycles. The smallest absolute Gasteiger partial charge is 0.239 e. The first-order valence-electron chi connectivity index (χ1n) is 8.21. The molecule has 2 unspecified atom stereocenters. The van der Waals surface area contributed by atoms with Crippen LogP contribution in [0.4, 0.5) is 0 Å². The van der Waals surface area contributed by atoms with Gasteiger partial charge in [0.15, 0.2) is 0 Å². The van der Waals surface area contributed by atoms with Crippen molar-refractivity contribution in [3.8, 4) is 0 Å². The molecule has 3 rings (SSSR count). The number of hydrogen-bond donors (Lipinski definition) is 2. The van der Waals surface area contributed by atoms with E-state index in [0.717, 1.165) is 51.7 Å². The number of rotatable bonds is 3. The molecule has 0 aromatic rings. The Kier molecular flexibility index (Phi) is 4.45. The zero-order valence-corrected chi connectivity index (χ0v) is 12.6. The average molecular weight is 294 g/mol. The Morgan fingerprint density at radius 1 is 1.05 bits per heavy atom. The van der Waals surface area contributed by atoms with Crippen molar-refractivity contribution in [3.05, 3.63) is 0 Å². The van der Waals surface area contributed by atoms with Crippen molar-refractivity contribution in [3.63, 3.8) is 0 Å². The molecule has 3 aliphatic heterocycles. The van der Waals surface area contributed by atoms with Crippen LogP contribution in [0.2, 0.25) is 0 Å². The predicted octanol–water partition coefficient (Wildman–Crippen LogP) is -0.463. The molecule has 0 spiro atoms. The van der Waals surface area contributed by atoms with Gasteiger partial charge in [-0.3, -0.25) is 14.5 Å². The Balaban J connectivity index is 1.62. The van der Waals surface area contributed by atoms with Gasteiger partial charge >= 0.3 is 0 Å². The van der Waals surface area contributed by atoms with E-state index in [2.05, 4.69) is 10.2 Å². The van der Waals surface area contributed by atoms with E-state index in [4.69, 9.17) is 5.73 Å². The molecular weight excluding hydrogens is 268 g/mol. The van der Waals surface area contributed by atoms with Crippen LogP contribution >= 0.6 is 0 Å². The van der Waals surface area contributed by atoms with Gasteiger partial charge in [-0.2, -0.15) is 0 Å². The first kappa shape index (κ1) is 14.8. The highest BCUT2D eigenvalue weighted by atomic mass is 16.2. The Hall–Kier alpha value is -1.14. The number of likely N-dealkylation sites (tertiary alicyclic amines) is 2. The van der Waals surface area contributed by atoms with Crippen molar-refractivity contribution in [2.45, 2.75) is 44.2 Å². The van der Waals surface area contributed by atoms with Crippen LogP contribution in [-0.4, -0.2) is 66.4 Å². The summed E-state index contributed by atoms with van der Waals surface area (Å²) in [6.07, 6.45) is 5.05. The second-order valence-corrected chi connectivity index (χ2v) is 6.55. The fraction of sp³-hybridized carbons (Fsp3) is 0.867. The van der Waals surface area contributed by atoms with Crippen molar-refractivity contribution in [1.29, 1.82) is 0 Å². The highest BCUT2D eigenvalue weighted by Gasteiger charge is 2.40. The van der Waals surface area contributed by atoms with E-state index < -0.39 is 0 Å². The maximum atomic E-state index is 12.8. The second-order valence-electron chi connectivity index (χ2n) is 6.55. The Morgan fingerprint density at radius 3 is 2.48 bits per heavy atom. The van der Waals surface area contributed by atoms with E-state index in [9.17, 15) is 9.59 Å². The summed E-state index contributed by atoms with van der Waals surface area (Å²) in [4.78, 5) is 28.3. The fourth-order valence-electron chi connectivity index (χ4n) is 4.03. The lowest BCUT2D eigenvalue weighted by Gasteiger charge is -2.36. The minimum absolute atomic E-state index is 0.0275. The fourth-order valence-corrected chi connectivity index (χ4v) is 4.03. The van der Waals surface area contributed by atoms with Gasteiger partial charge < -0.3 is 16.0 Å². The summed E-state index contributed by atoms with van der Waals surface area (Å²) in [6, 6.07) is 0.567. The van der Waals surface area contributed by atoms with Crippen LogP contribution in [-0.2, 0) is 9.59 Å². The first-order valence-corrected chi connectivity index (χ1v) is 8.21. The van der Waals surface area contributed by atoms with E-state index >= 15 is 0 Å². The molecule has 0 aliphatic carbocycles. The van der Waals surface area contributed by atoms with Crippen LogP contribution in [0.5, 0.6) is 0 Å². The largest absolute Gasteiger partial charge is 0.369 e. The third-order valence-electron chi connectivity index (χ3n) is 5.26. The molecule has 3 saturated heterocycles. The molecule has 3 aliphatic rings. The van der Waals surface area contributed by atoms with E-state index in [-0.39, 0.29) is 23.8 Å². The minimum atomic E-state index is -0.271. The third-order valence-corrected chi connectivity index (χ3v) is 5.26. The maximum Gasteiger partial charge on any atom is 0.239 e. The van der Waals surface area contributed by atoms with Gasteiger partial charge in [0.1, 0.15) is 0 Å². The van der Waals surface area contributed by atoms with Gasteiger partial charge in [0.2, 0.25) is 11.8 Å². The second kappa shape index (κ2) is 6.32. The summed E-state index contributed by atoms with van der Waals surface area (Å²) in [5.41, 5.74) is 5.36. The number of piperidine rings is 1. The van der Waals surface area contributed by atoms with Gasteiger partial charge in [0, 0.05) is 19.1 Å². The number of nitrogens with one attached hydrogen (secondary N) is 1. The molecule has 2 atom stereocenters. The molecule has 0 bridgehead atoms. The zero-order valence-electron chi connectivity index (χ0n) is 12.6. The average Bonchev–Trinajstić information content (AvgIpc) is 3.17. The molecule has 0 radical (unpaired) electrons. The molecule has 0 aromatic carbocycles.